The second kappa shape index (κ2) is 9.62. The van der Waals surface area contributed by atoms with Crippen molar-refractivity contribution >= 4 is 21.6 Å². The van der Waals surface area contributed by atoms with Crippen molar-refractivity contribution in [1.29, 1.82) is 0 Å². The predicted molar refractivity (Wildman–Crippen MR) is 144 cm³/mol. The third-order valence-corrected chi connectivity index (χ3v) is 7.63. The molecule has 1 N–H and O–H groups in total. The van der Waals surface area contributed by atoms with Gasteiger partial charge in [0.05, 0.1) is 24.5 Å². The summed E-state index contributed by atoms with van der Waals surface area (Å²) >= 11 is 0. The molecule has 0 unspecified atom stereocenters. The summed E-state index contributed by atoms with van der Waals surface area (Å²) in [6.07, 6.45) is 1.87. The molecule has 36 heavy (non-hydrogen) atoms. The maximum absolute atomic E-state index is 13.2. The van der Waals surface area contributed by atoms with Crippen LogP contribution in [0, 0.1) is 20.8 Å². The maximum atomic E-state index is 13.2. The average Bonchev–Trinajstić information content (AvgIpc) is 2.79. The zero-order valence-corrected chi connectivity index (χ0v) is 22.6. The van der Waals surface area contributed by atoms with Crippen LogP contribution in [0.4, 0.5) is 5.69 Å². The van der Waals surface area contributed by atoms with Gasteiger partial charge in [0.25, 0.3) is 5.91 Å². The highest BCUT2D eigenvalue weighted by atomic mass is 32.2. The standard InChI is InChI=1S/C29H34N2O4S/c1-19-8-14-27-24(15-19)25(17-29(4,5)35-27)30-28(32)23-12-10-22(11-13-23)18-31(36(6,33)34)26-16-20(2)7-9-21(26)3/h7-16,25H,17-18H2,1-6H3,(H,30,32)/t25-/m1/s1. The molecule has 0 radical (unpaired) electrons. The van der Waals surface area contributed by atoms with Gasteiger partial charge in [-0.1, -0.05) is 42.0 Å². The Morgan fingerprint density at radius 3 is 2.31 bits per heavy atom. The van der Waals surface area contributed by atoms with Gasteiger partial charge in [-0.25, -0.2) is 8.42 Å². The number of rotatable bonds is 6. The topological polar surface area (TPSA) is 75.7 Å². The molecular weight excluding hydrogens is 472 g/mol. The number of hydrogen-bond donors (Lipinski definition) is 1. The monoisotopic (exact) mass is 506 g/mol. The van der Waals surface area contributed by atoms with Crippen LogP contribution in [-0.4, -0.2) is 26.2 Å². The van der Waals surface area contributed by atoms with E-state index in [1.807, 2.05) is 77.1 Å². The highest BCUT2D eigenvalue weighted by Crippen LogP contribution is 2.40. The van der Waals surface area contributed by atoms with Gasteiger partial charge in [0.15, 0.2) is 0 Å². The normalized spacial score (nSPS) is 16.6. The minimum Gasteiger partial charge on any atom is -0.487 e. The fourth-order valence-corrected chi connectivity index (χ4v) is 5.58. The van der Waals surface area contributed by atoms with Crippen LogP contribution in [0.3, 0.4) is 0 Å². The van der Waals surface area contributed by atoms with Crippen LogP contribution in [0.25, 0.3) is 0 Å². The van der Waals surface area contributed by atoms with E-state index >= 15 is 0 Å². The lowest BCUT2D eigenvalue weighted by molar-refractivity contribution is 0.0619. The first kappa shape index (κ1) is 25.8. The molecule has 0 bridgehead atoms. The van der Waals surface area contributed by atoms with Crippen molar-refractivity contribution in [1.82, 2.24) is 5.32 Å². The molecule has 1 heterocycles. The Labute approximate surface area is 214 Å². The smallest absolute Gasteiger partial charge is 0.251 e. The molecular formula is C29H34N2O4S. The third kappa shape index (κ3) is 5.73. The number of benzene rings is 3. The summed E-state index contributed by atoms with van der Waals surface area (Å²) in [6.45, 7) is 10.1. The number of carbonyl (C=O) groups is 1. The number of fused-ring (bicyclic) bond motifs is 1. The summed E-state index contributed by atoms with van der Waals surface area (Å²) in [4.78, 5) is 13.2. The lowest BCUT2D eigenvalue weighted by atomic mass is 9.88. The van der Waals surface area contributed by atoms with Gasteiger partial charge >= 0.3 is 0 Å². The van der Waals surface area contributed by atoms with Gasteiger partial charge in [-0.2, -0.15) is 0 Å². The highest BCUT2D eigenvalue weighted by Gasteiger charge is 2.34. The molecule has 1 atom stereocenters. The highest BCUT2D eigenvalue weighted by molar-refractivity contribution is 7.92. The first-order valence-corrected chi connectivity index (χ1v) is 13.9. The molecule has 0 aromatic heterocycles. The van der Waals surface area contributed by atoms with E-state index in [4.69, 9.17) is 4.74 Å². The first-order valence-electron chi connectivity index (χ1n) is 12.1. The Morgan fingerprint density at radius 2 is 1.64 bits per heavy atom. The van der Waals surface area contributed by atoms with Gasteiger partial charge in [-0.15, -0.1) is 0 Å². The zero-order valence-electron chi connectivity index (χ0n) is 21.8. The molecule has 1 aliphatic heterocycles. The van der Waals surface area contributed by atoms with Crippen LogP contribution in [0.5, 0.6) is 5.75 Å². The Bertz CT molecular complexity index is 1400. The van der Waals surface area contributed by atoms with Crippen molar-refractivity contribution in [2.45, 2.75) is 59.2 Å². The molecule has 190 valence electrons. The number of carbonyl (C=O) groups excluding carboxylic acids is 1. The number of ether oxygens (including phenoxy) is 1. The van der Waals surface area contributed by atoms with E-state index < -0.39 is 15.6 Å². The minimum atomic E-state index is -3.50. The summed E-state index contributed by atoms with van der Waals surface area (Å²) in [6, 6.07) is 18.7. The molecule has 3 aromatic carbocycles. The number of nitrogens with zero attached hydrogens (tertiary/aromatic N) is 1. The van der Waals surface area contributed by atoms with E-state index in [-0.39, 0.29) is 18.5 Å². The Morgan fingerprint density at radius 1 is 1.00 bits per heavy atom. The quantitative estimate of drug-likeness (QED) is 0.472. The fourth-order valence-electron chi connectivity index (χ4n) is 4.64. The number of aryl methyl sites for hydroxylation is 3. The van der Waals surface area contributed by atoms with E-state index in [1.165, 1.54) is 10.6 Å². The SMILES string of the molecule is Cc1ccc2c(c1)[C@H](NC(=O)c1ccc(CN(c3cc(C)ccc3C)S(C)(=O)=O)cc1)CC(C)(C)O2. The number of hydrogen-bond acceptors (Lipinski definition) is 4. The molecule has 6 nitrogen and oxygen atoms in total. The molecule has 3 aromatic rings. The summed E-state index contributed by atoms with van der Waals surface area (Å²) < 4.78 is 32.8. The van der Waals surface area contributed by atoms with Crippen molar-refractivity contribution in [3.8, 4) is 5.75 Å². The summed E-state index contributed by atoms with van der Waals surface area (Å²) in [5.74, 6) is 0.621. The van der Waals surface area contributed by atoms with Gasteiger partial charge < -0.3 is 10.1 Å². The Hall–Kier alpha value is -3.32. The van der Waals surface area contributed by atoms with Crippen LogP contribution < -0.4 is 14.4 Å². The van der Waals surface area contributed by atoms with Crippen LogP contribution in [0.15, 0.2) is 60.7 Å². The summed E-state index contributed by atoms with van der Waals surface area (Å²) in [7, 11) is -3.50. The van der Waals surface area contributed by atoms with Gasteiger partial charge in [-0.05, 0) is 75.6 Å². The van der Waals surface area contributed by atoms with Gasteiger partial charge in [-0.3, -0.25) is 9.10 Å². The first-order chi connectivity index (χ1) is 16.8. The summed E-state index contributed by atoms with van der Waals surface area (Å²) in [5, 5.41) is 3.17. The van der Waals surface area contributed by atoms with Crippen LogP contribution in [0.2, 0.25) is 0 Å². The Balaban J connectivity index is 1.54. The van der Waals surface area contributed by atoms with Gasteiger partial charge in [0.2, 0.25) is 10.0 Å². The zero-order chi connectivity index (χ0) is 26.3. The van der Waals surface area contributed by atoms with E-state index in [0.29, 0.717) is 17.7 Å². The largest absolute Gasteiger partial charge is 0.487 e. The van der Waals surface area contributed by atoms with Gasteiger partial charge in [0, 0.05) is 17.5 Å². The number of sulfonamides is 1. The van der Waals surface area contributed by atoms with Crippen molar-refractivity contribution in [3.05, 3.63) is 94.0 Å². The van der Waals surface area contributed by atoms with Crippen molar-refractivity contribution < 1.29 is 17.9 Å². The van der Waals surface area contributed by atoms with E-state index in [1.54, 1.807) is 12.1 Å². The number of amides is 1. The molecule has 0 saturated heterocycles. The summed E-state index contributed by atoms with van der Waals surface area (Å²) in [5.41, 5.74) is 5.56. The fraction of sp³-hybridized carbons (Fsp3) is 0.345. The van der Waals surface area contributed by atoms with Crippen LogP contribution in [0.1, 0.15) is 64.5 Å². The average molecular weight is 507 g/mol. The van der Waals surface area contributed by atoms with E-state index in [9.17, 15) is 13.2 Å². The molecule has 0 fully saturated rings. The second-order valence-corrected chi connectivity index (χ2v) is 12.3. The van der Waals surface area contributed by atoms with Crippen molar-refractivity contribution in [2.75, 3.05) is 10.6 Å². The lowest BCUT2D eigenvalue weighted by Crippen LogP contribution is -2.41. The van der Waals surface area contributed by atoms with E-state index in [0.717, 1.165) is 33.6 Å². The molecule has 0 spiro atoms. The third-order valence-electron chi connectivity index (χ3n) is 6.50. The molecule has 7 heteroatoms. The van der Waals surface area contributed by atoms with Crippen LogP contribution >= 0.6 is 0 Å². The van der Waals surface area contributed by atoms with Crippen molar-refractivity contribution in [3.63, 3.8) is 0 Å². The molecule has 0 saturated carbocycles. The number of nitrogens with one attached hydrogen (secondary N) is 1. The predicted octanol–water partition coefficient (Wildman–Crippen LogP) is 5.61. The molecule has 1 aliphatic rings. The molecule has 0 aliphatic carbocycles. The second-order valence-electron chi connectivity index (χ2n) is 10.4. The van der Waals surface area contributed by atoms with Crippen molar-refractivity contribution in [2.24, 2.45) is 0 Å². The van der Waals surface area contributed by atoms with Crippen LogP contribution in [-0.2, 0) is 16.6 Å². The number of anilines is 1. The maximum Gasteiger partial charge on any atom is 0.251 e. The Kier molecular flexibility index (Phi) is 6.88. The lowest BCUT2D eigenvalue weighted by Gasteiger charge is -2.38. The molecule has 1 amide bonds. The molecule has 4 rings (SSSR count). The van der Waals surface area contributed by atoms with E-state index in [2.05, 4.69) is 11.4 Å². The minimum absolute atomic E-state index is 0.166. The van der Waals surface area contributed by atoms with Gasteiger partial charge in [0.1, 0.15) is 11.4 Å².